The molecule has 0 aromatic rings. The summed E-state index contributed by atoms with van der Waals surface area (Å²) < 4.78 is 10.2. The van der Waals surface area contributed by atoms with Gasteiger partial charge in [-0.1, -0.05) is 20.8 Å². The van der Waals surface area contributed by atoms with Crippen molar-refractivity contribution < 1.29 is 9.46 Å². The fourth-order valence-electron chi connectivity index (χ4n) is 0. The second kappa shape index (κ2) is 1.97. The lowest BCUT2D eigenvalue weighted by Crippen LogP contribution is -2.05. The van der Waals surface area contributed by atoms with E-state index in [0.29, 0.717) is 0 Å². The van der Waals surface area contributed by atoms with Gasteiger partial charge in [0.25, 0.3) is 0 Å². The Balaban J connectivity index is 3.79. The van der Waals surface area contributed by atoms with Crippen LogP contribution in [-0.2, 0) is 4.57 Å². The molecule has 0 radical (unpaired) electrons. The molecule has 0 amide bonds. The summed E-state index contributed by atoms with van der Waals surface area (Å²) in [4.78, 5) is 8.44. The molecule has 44 valence electrons. The molecule has 3 heteroatoms. The van der Waals surface area contributed by atoms with E-state index in [-0.39, 0.29) is 0 Å². The molecule has 0 heterocycles. The molecule has 0 fully saturated rings. The third kappa shape index (κ3) is 2.84. The third-order valence-corrected chi connectivity index (χ3v) is 1.92. The highest BCUT2D eigenvalue weighted by atomic mass is 31.1. The summed E-state index contributed by atoms with van der Waals surface area (Å²) in [6, 6.07) is 0. The van der Waals surface area contributed by atoms with Gasteiger partial charge in [0.15, 0.2) is 8.03 Å². The molecule has 0 aliphatic rings. The Labute approximate surface area is 44.4 Å². The van der Waals surface area contributed by atoms with Crippen LogP contribution < -0.4 is 0 Å². The molecule has 2 nitrogen and oxygen atoms in total. The molecule has 0 bridgehead atoms. The Morgan fingerprint density at radius 1 is 1.43 bits per heavy atom. The van der Waals surface area contributed by atoms with Crippen LogP contribution in [-0.4, -0.2) is 10.0 Å². The molecular weight excluding hydrogens is 111 g/mol. The monoisotopic (exact) mass is 122 g/mol. The first kappa shape index (κ1) is 7.19. The lowest BCUT2D eigenvalue weighted by Gasteiger charge is -2.11. The van der Waals surface area contributed by atoms with Gasteiger partial charge in [-0.2, -0.15) is 0 Å². The van der Waals surface area contributed by atoms with Gasteiger partial charge >= 0.3 is 0 Å². The topological polar surface area (TPSA) is 37.3 Å². The summed E-state index contributed by atoms with van der Waals surface area (Å²) in [5, 5.41) is -0.398. The van der Waals surface area contributed by atoms with Crippen molar-refractivity contribution in [1.82, 2.24) is 0 Å². The van der Waals surface area contributed by atoms with E-state index in [2.05, 4.69) is 0 Å². The van der Waals surface area contributed by atoms with E-state index in [4.69, 9.17) is 4.89 Å². The van der Waals surface area contributed by atoms with Crippen LogP contribution in [0.15, 0.2) is 0 Å². The zero-order valence-corrected chi connectivity index (χ0v) is 5.86. The van der Waals surface area contributed by atoms with Gasteiger partial charge in [0.05, 0.1) is 0 Å². The Morgan fingerprint density at radius 2 is 1.57 bits per heavy atom. The van der Waals surface area contributed by atoms with E-state index in [0.717, 1.165) is 0 Å². The zero-order chi connectivity index (χ0) is 6.08. The molecule has 0 aliphatic carbocycles. The maximum absolute atomic E-state index is 10.2. The van der Waals surface area contributed by atoms with E-state index < -0.39 is 13.2 Å². The highest BCUT2D eigenvalue weighted by Gasteiger charge is 2.15. The molecule has 0 aromatic heterocycles. The van der Waals surface area contributed by atoms with Gasteiger partial charge in [0.1, 0.15) is 0 Å². The van der Waals surface area contributed by atoms with Gasteiger partial charge in [-0.25, -0.2) is 0 Å². The fraction of sp³-hybridized carbons (Fsp3) is 1.00. The molecular formula is C4H11O2P. The molecule has 0 spiro atoms. The van der Waals surface area contributed by atoms with E-state index in [1.165, 1.54) is 0 Å². The Kier molecular flexibility index (Phi) is 2.03. The van der Waals surface area contributed by atoms with Gasteiger partial charge in [-0.15, -0.1) is 0 Å². The Morgan fingerprint density at radius 3 is 1.57 bits per heavy atom. The van der Waals surface area contributed by atoms with E-state index in [1.807, 2.05) is 0 Å². The standard InChI is InChI=1S/C4H11O2P/c1-4(2,3)7(5)6/h7H,1-3H3,(H,5,6). The van der Waals surface area contributed by atoms with Crippen molar-refractivity contribution in [2.45, 2.75) is 25.9 Å². The molecule has 7 heavy (non-hydrogen) atoms. The molecule has 0 saturated heterocycles. The maximum atomic E-state index is 10.2. The highest BCUT2D eigenvalue weighted by Crippen LogP contribution is 2.32. The van der Waals surface area contributed by atoms with Crippen LogP contribution in [0.1, 0.15) is 20.8 Å². The van der Waals surface area contributed by atoms with Gasteiger partial charge in [-0.3, -0.25) is 4.57 Å². The van der Waals surface area contributed by atoms with Gasteiger partial charge in [-0.05, 0) is 0 Å². The minimum absolute atomic E-state index is 0.398. The second-order valence-corrected chi connectivity index (χ2v) is 4.67. The maximum Gasteiger partial charge on any atom is 0.194 e. The largest absolute Gasteiger partial charge is 0.346 e. The van der Waals surface area contributed by atoms with Crippen molar-refractivity contribution >= 4 is 8.03 Å². The minimum Gasteiger partial charge on any atom is -0.346 e. The summed E-state index contributed by atoms with van der Waals surface area (Å²) in [6.45, 7) is 5.23. The quantitative estimate of drug-likeness (QED) is 0.491. The van der Waals surface area contributed by atoms with Crippen LogP contribution in [0.4, 0.5) is 0 Å². The van der Waals surface area contributed by atoms with Gasteiger partial charge in [0, 0.05) is 5.16 Å². The lowest BCUT2D eigenvalue weighted by atomic mass is 10.3. The summed E-state index contributed by atoms with van der Waals surface area (Å²) in [7, 11) is -2.30. The van der Waals surface area contributed by atoms with Crippen LogP contribution in [0.5, 0.6) is 0 Å². The first-order valence-electron chi connectivity index (χ1n) is 2.18. The first-order valence-corrected chi connectivity index (χ1v) is 3.53. The van der Waals surface area contributed by atoms with Crippen molar-refractivity contribution in [3.05, 3.63) is 0 Å². The third-order valence-electron chi connectivity index (χ3n) is 0.642. The zero-order valence-electron chi connectivity index (χ0n) is 4.86. The summed E-state index contributed by atoms with van der Waals surface area (Å²) in [6.07, 6.45) is 0. The van der Waals surface area contributed by atoms with Crippen LogP contribution in [0.3, 0.4) is 0 Å². The summed E-state index contributed by atoms with van der Waals surface area (Å²) in [5.74, 6) is 0. The summed E-state index contributed by atoms with van der Waals surface area (Å²) >= 11 is 0. The number of hydrogen-bond acceptors (Lipinski definition) is 1. The van der Waals surface area contributed by atoms with Gasteiger partial charge < -0.3 is 4.89 Å². The molecule has 0 saturated carbocycles. The lowest BCUT2D eigenvalue weighted by molar-refractivity contribution is 0.473. The second-order valence-electron chi connectivity index (χ2n) is 2.56. The van der Waals surface area contributed by atoms with Crippen LogP contribution in [0.25, 0.3) is 0 Å². The summed E-state index contributed by atoms with van der Waals surface area (Å²) in [5.41, 5.74) is 0. The molecule has 1 N–H and O–H groups in total. The van der Waals surface area contributed by atoms with Gasteiger partial charge in [0.2, 0.25) is 0 Å². The predicted octanol–water partition coefficient (Wildman–Crippen LogP) is 1.25. The highest BCUT2D eigenvalue weighted by molar-refractivity contribution is 7.39. The fourth-order valence-corrected chi connectivity index (χ4v) is 0. The van der Waals surface area contributed by atoms with Crippen molar-refractivity contribution in [1.29, 1.82) is 0 Å². The van der Waals surface area contributed by atoms with Crippen molar-refractivity contribution in [2.24, 2.45) is 0 Å². The van der Waals surface area contributed by atoms with E-state index in [1.54, 1.807) is 20.8 Å². The van der Waals surface area contributed by atoms with Crippen molar-refractivity contribution in [3.8, 4) is 0 Å². The SMILES string of the molecule is CC(C)(C)[PH](=O)O. The average Bonchev–Trinajstić information content (AvgIpc) is 1.31. The predicted molar refractivity (Wildman–Crippen MR) is 31.0 cm³/mol. The average molecular weight is 122 g/mol. The smallest absolute Gasteiger partial charge is 0.194 e. The van der Waals surface area contributed by atoms with Crippen molar-refractivity contribution in [3.63, 3.8) is 0 Å². The molecule has 0 aliphatic heterocycles. The normalized spacial score (nSPS) is 16.6. The minimum atomic E-state index is -2.30. The number of hydrogen-bond donors (Lipinski definition) is 1. The Hall–Kier alpha value is 0.190. The number of rotatable bonds is 0. The molecule has 0 rings (SSSR count). The van der Waals surface area contributed by atoms with E-state index in [9.17, 15) is 4.57 Å². The molecule has 0 aromatic carbocycles. The van der Waals surface area contributed by atoms with Crippen LogP contribution >= 0.6 is 8.03 Å². The van der Waals surface area contributed by atoms with Crippen LogP contribution in [0.2, 0.25) is 0 Å². The van der Waals surface area contributed by atoms with Crippen molar-refractivity contribution in [2.75, 3.05) is 0 Å². The molecule has 1 unspecified atom stereocenters. The first-order chi connectivity index (χ1) is 2.94. The van der Waals surface area contributed by atoms with E-state index >= 15 is 0 Å². The molecule has 1 atom stereocenters. The van der Waals surface area contributed by atoms with Crippen LogP contribution in [0, 0.1) is 0 Å². The Bertz CT molecular complexity index is 82.2.